The quantitative estimate of drug-likeness (QED) is 0.274. The van der Waals surface area contributed by atoms with E-state index in [1.165, 1.54) is 18.2 Å². The molecule has 0 unspecified atom stereocenters. The minimum absolute atomic E-state index is 0.113. The predicted molar refractivity (Wildman–Crippen MR) is 133 cm³/mol. The maximum Gasteiger partial charge on any atom is 0.262 e. The van der Waals surface area contributed by atoms with Crippen LogP contribution >= 0.6 is 0 Å². The van der Waals surface area contributed by atoms with Crippen molar-refractivity contribution >= 4 is 23.4 Å². The zero-order chi connectivity index (χ0) is 26.8. The van der Waals surface area contributed by atoms with E-state index in [0.29, 0.717) is 12.0 Å². The van der Waals surface area contributed by atoms with Crippen molar-refractivity contribution in [2.24, 2.45) is 5.92 Å². The highest BCUT2D eigenvalue weighted by atomic mass is 16.6. The molecule has 38 heavy (non-hydrogen) atoms. The molecule has 3 aromatic rings. The summed E-state index contributed by atoms with van der Waals surface area (Å²) in [5.74, 6) is -1.55. The molecule has 2 heterocycles. The third kappa shape index (κ3) is 4.89. The molecule has 196 valence electrons. The molecule has 1 fully saturated rings. The van der Waals surface area contributed by atoms with Crippen LogP contribution < -0.4 is 10.4 Å². The van der Waals surface area contributed by atoms with Crippen molar-refractivity contribution in [1.29, 1.82) is 0 Å². The van der Waals surface area contributed by atoms with Gasteiger partial charge in [0.1, 0.15) is 11.8 Å². The molecule has 2 aromatic carbocycles. The highest BCUT2D eigenvalue weighted by molar-refractivity contribution is 6.22. The largest absolute Gasteiger partial charge is 0.868 e. The van der Waals surface area contributed by atoms with E-state index < -0.39 is 40.1 Å². The monoisotopic (exact) mass is 516 g/mol. The Hall–Kier alpha value is -4.47. The number of imide groups is 1. The Kier molecular flexibility index (Phi) is 6.95. The summed E-state index contributed by atoms with van der Waals surface area (Å²) in [4.78, 5) is 51.9. The Labute approximate surface area is 218 Å². The molecule has 3 amide bonds. The van der Waals surface area contributed by atoms with E-state index in [0.717, 1.165) is 48.5 Å². The third-order valence-corrected chi connectivity index (χ3v) is 7.37. The van der Waals surface area contributed by atoms with E-state index in [9.17, 15) is 29.6 Å². The van der Waals surface area contributed by atoms with Gasteiger partial charge in [-0.2, -0.15) is 0 Å². The van der Waals surface area contributed by atoms with Crippen molar-refractivity contribution < 1.29 is 28.8 Å². The van der Waals surface area contributed by atoms with Gasteiger partial charge in [0.05, 0.1) is 22.3 Å². The van der Waals surface area contributed by atoms with Gasteiger partial charge in [-0.05, 0) is 54.3 Å². The number of carbonyl (C=O) groups is 3. The number of benzene rings is 2. The molecule has 1 aromatic heterocycles. The van der Waals surface area contributed by atoms with Gasteiger partial charge in [0, 0.05) is 24.9 Å². The van der Waals surface area contributed by atoms with Crippen molar-refractivity contribution in [1.82, 2.24) is 10.2 Å². The van der Waals surface area contributed by atoms with Crippen LogP contribution in [0.1, 0.15) is 57.7 Å². The minimum Gasteiger partial charge on any atom is -0.868 e. The summed E-state index contributed by atoms with van der Waals surface area (Å²) in [6.07, 6.45) is 5.65. The van der Waals surface area contributed by atoms with E-state index in [4.69, 9.17) is 4.42 Å². The fourth-order valence-corrected chi connectivity index (χ4v) is 5.46. The number of nitrogens with zero attached hydrogens (tertiary/aromatic N) is 2. The summed E-state index contributed by atoms with van der Waals surface area (Å²) in [6, 6.07) is 12.1. The average Bonchev–Trinajstić information content (AvgIpc) is 3.51. The van der Waals surface area contributed by atoms with Crippen molar-refractivity contribution in [3.63, 3.8) is 0 Å². The number of hydrogen-bond donors (Lipinski definition) is 1. The number of furan rings is 1. The van der Waals surface area contributed by atoms with Crippen LogP contribution in [0.3, 0.4) is 0 Å². The van der Waals surface area contributed by atoms with Crippen LogP contribution in [-0.4, -0.2) is 39.6 Å². The number of amides is 3. The van der Waals surface area contributed by atoms with Gasteiger partial charge < -0.3 is 14.8 Å². The van der Waals surface area contributed by atoms with Crippen LogP contribution in [0, 0.1) is 16.0 Å². The number of nitro groups is 1. The first-order valence-electron chi connectivity index (χ1n) is 12.6. The first-order chi connectivity index (χ1) is 18.3. The molecule has 0 spiro atoms. The van der Waals surface area contributed by atoms with Crippen LogP contribution in [0.4, 0.5) is 5.69 Å². The standard InChI is InChI=1S/C28H27N3O7/c32-25-12-11-17(14-23(25)31(36)37)15-24(30-27(34)20-8-2-3-9-21(20)28(30)35)26(33)29-22-10-4-1-6-18(22)16-19-7-5-13-38-19/h2-3,5,7-9,11-14,18,22,24,32H,1,4,6,10,15-16H2,(H,29,33)/p-1/t18-,22-,24-/m0/s1. The van der Waals surface area contributed by atoms with Crippen molar-refractivity contribution in [2.45, 2.75) is 50.6 Å². The first-order valence-corrected chi connectivity index (χ1v) is 12.6. The van der Waals surface area contributed by atoms with Gasteiger partial charge in [-0.15, -0.1) is 0 Å². The molecular weight excluding hydrogens is 490 g/mol. The average molecular weight is 517 g/mol. The summed E-state index contributed by atoms with van der Waals surface area (Å²) in [6.45, 7) is 0. The predicted octanol–water partition coefficient (Wildman–Crippen LogP) is 3.39. The fraction of sp³-hybridized carbons (Fsp3) is 0.321. The van der Waals surface area contributed by atoms with Gasteiger partial charge in [-0.3, -0.25) is 29.4 Å². The molecule has 1 aliphatic heterocycles. The number of rotatable bonds is 8. The zero-order valence-electron chi connectivity index (χ0n) is 20.5. The van der Waals surface area contributed by atoms with Gasteiger partial charge in [-0.1, -0.05) is 37.1 Å². The molecule has 10 heteroatoms. The molecule has 0 saturated heterocycles. The number of hydrogen-bond acceptors (Lipinski definition) is 7. The summed E-state index contributed by atoms with van der Waals surface area (Å²) in [5, 5.41) is 26.3. The third-order valence-electron chi connectivity index (χ3n) is 7.37. The summed E-state index contributed by atoms with van der Waals surface area (Å²) < 4.78 is 5.51. The summed E-state index contributed by atoms with van der Waals surface area (Å²) in [7, 11) is 0. The van der Waals surface area contributed by atoms with Crippen LogP contribution in [-0.2, 0) is 17.6 Å². The van der Waals surface area contributed by atoms with Crippen molar-refractivity contribution in [2.75, 3.05) is 0 Å². The van der Waals surface area contributed by atoms with Crippen LogP contribution in [0.15, 0.2) is 65.3 Å². The van der Waals surface area contributed by atoms with Gasteiger partial charge in [0.2, 0.25) is 5.91 Å². The lowest BCUT2D eigenvalue weighted by Crippen LogP contribution is -2.54. The second kappa shape index (κ2) is 10.5. The normalized spacial score (nSPS) is 19.7. The van der Waals surface area contributed by atoms with Crippen molar-refractivity contribution in [3.8, 4) is 5.75 Å². The van der Waals surface area contributed by atoms with Crippen LogP contribution in [0.25, 0.3) is 0 Å². The molecule has 5 rings (SSSR count). The lowest BCUT2D eigenvalue weighted by Gasteiger charge is -2.34. The number of carbonyl (C=O) groups excluding carboxylic acids is 3. The smallest absolute Gasteiger partial charge is 0.262 e. The van der Waals surface area contributed by atoms with Crippen LogP contribution in [0.2, 0.25) is 0 Å². The Morgan fingerprint density at radius 3 is 2.42 bits per heavy atom. The van der Waals surface area contributed by atoms with E-state index in [1.807, 2.05) is 12.1 Å². The Bertz CT molecular complexity index is 1350. The first kappa shape index (κ1) is 25.2. The van der Waals surface area contributed by atoms with E-state index in [-0.39, 0.29) is 29.5 Å². The highest BCUT2D eigenvalue weighted by Gasteiger charge is 2.43. The zero-order valence-corrected chi connectivity index (χ0v) is 20.5. The molecule has 2 aliphatic rings. The number of fused-ring (bicyclic) bond motifs is 1. The minimum atomic E-state index is -1.26. The van der Waals surface area contributed by atoms with Crippen LogP contribution in [0.5, 0.6) is 5.75 Å². The Morgan fingerprint density at radius 2 is 1.76 bits per heavy atom. The second-order valence-electron chi connectivity index (χ2n) is 9.75. The Balaban J connectivity index is 1.45. The molecule has 1 saturated carbocycles. The number of nitrogens with one attached hydrogen (secondary N) is 1. The van der Waals surface area contributed by atoms with E-state index in [2.05, 4.69) is 5.32 Å². The molecular formula is C28H26N3O7-. The fourth-order valence-electron chi connectivity index (χ4n) is 5.46. The molecule has 0 bridgehead atoms. The highest BCUT2D eigenvalue weighted by Crippen LogP contribution is 2.31. The Morgan fingerprint density at radius 1 is 1.05 bits per heavy atom. The van der Waals surface area contributed by atoms with Crippen molar-refractivity contribution in [3.05, 3.63) is 93.4 Å². The molecule has 10 nitrogen and oxygen atoms in total. The van der Waals surface area contributed by atoms with Gasteiger partial charge in [0.15, 0.2) is 0 Å². The topological polar surface area (TPSA) is 146 Å². The van der Waals surface area contributed by atoms with Gasteiger partial charge in [0.25, 0.3) is 17.5 Å². The maximum atomic E-state index is 13.8. The SMILES string of the molecule is O=C(N[C@H]1CCCC[C@H]1Cc1ccco1)[C@H](Cc1ccc([O-])c([N+](=O)[O-])c1)N1C(=O)c2ccccc2C1=O. The molecule has 1 aliphatic carbocycles. The molecule has 1 N–H and O–H groups in total. The van der Waals surface area contributed by atoms with E-state index in [1.54, 1.807) is 18.4 Å². The lowest BCUT2D eigenvalue weighted by atomic mass is 9.81. The van der Waals surface area contributed by atoms with E-state index >= 15 is 0 Å². The second-order valence-corrected chi connectivity index (χ2v) is 9.75. The molecule has 3 atom stereocenters. The molecule has 0 radical (unpaired) electrons. The maximum absolute atomic E-state index is 13.8. The van der Waals surface area contributed by atoms with Gasteiger partial charge in [-0.25, -0.2) is 0 Å². The lowest BCUT2D eigenvalue weighted by molar-refractivity contribution is -0.398. The summed E-state index contributed by atoms with van der Waals surface area (Å²) in [5.41, 5.74) is 0.0627. The summed E-state index contributed by atoms with van der Waals surface area (Å²) >= 11 is 0. The van der Waals surface area contributed by atoms with Gasteiger partial charge >= 0.3 is 0 Å². The number of nitro benzene ring substituents is 1.